The summed E-state index contributed by atoms with van der Waals surface area (Å²) in [5, 5.41) is 4.71. The molecular weight excluding hydrogens is 413 g/mol. The van der Waals surface area contributed by atoms with Crippen molar-refractivity contribution in [1.82, 2.24) is 5.32 Å². The Morgan fingerprint density at radius 1 is 1.06 bits per heavy atom. The third-order valence-corrected chi connectivity index (χ3v) is 5.54. The van der Waals surface area contributed by atoms with Crippen molar-refractivity contribution in [1.29, 1.82) is 0 Å². The van der Waals surface area contributed by atoms with E-state index in [0.717, 1.165) is 12.8 Å². The predicted octanol–water partition coefficient (Wildman–Crippen LogP) is 5.11. The Labute approximate surface area is 185 Å². The van der Waals surface area contributed by atoms with E-state index >= 15 is 0 Å². The minimum atomic E-state index is -0.598. The molecule has 1 amide bonds. The number of carbonyl (C=O) groups excluding carboxylic acids is 2. The lowest BCUT2D eigenvalue weighted by atomic mass is 10.1. The molecule has 0 spiro atoms. The number of esters is 1. The molecule has 1 atom stereocenters. The van der Waals surface area contributed by atoms with E-state index in [2.05, 4.69) is 17.4 Å². The number of nitrogens with one attached hydrogen (secondary N) is 1. The summed E-state index contributed by atoms with van der Waals surface area (Å²) in [5.74, 6) is -1.30. The molecule has 0 aliphatic carbocycles. The van der Waals surface area contributed by atoms with Crippen molar-refractivity contribution in [3.63, 3.8) is 0 Å². The van der Waals surface area contributed by atoms with Gasteiger partial charge in [-0.25, -0.2) is 9.18 Å². The fraction of sp³-hybridized carbons (Fsp3) is 0.200. The van der Waals surface area contributed by atoms with Gasteiger partial charge in [-0.2, -0.15) is 0 Å². The van der Waals surface area contributed by atoms with Crippen LogP contribution >= 0.6 is 11.3 Å². The van der Waals surface area contributed by atoms with E-state index < -0.39 is 5.97 Å². The van der Waals surface area contributed by atoms with Gasteiger partial charge in [0.05, 0.1) is 5.57 Å². The first-order valence-electron chi connectivity index (χ1n) is 10.0. The minimum absolute atomic E-state index is 0.0436. The number of hydrogen-bond acceptors (Lipinski definition) is 4. The van der Waals surface area contributed by atoms with Gasteiger partial charge in [-0.05, 0) is 60.5 Å². The lowest BCUT2D eigenvalue weighted by molar-refractivity contribution is -0.143. The quantitative estimate of drug-likeness (QED) is 0.374. The number of halogens is 1. The molecule has 0 aliphatic rings. The number of benzene rings is 2. The van der Waals surface area contributed by atoms with Crippen LogP contribution in [-0.4, -0.2) is 24.5 Å². The first kappa shape index (κ1) is 22.4. The number of carbonyl (C=O) groups is 2. The smallest absolute Gasteiger partial charge is 0.340 e. The average molecular weight is 438 g/mol. The van der Waals surface area contributed by atoms with Gasteiger partial charge in [-0.1, -0.05) is 48.5 Å². The molecule has 6 heteroatoms. The molecule has 3 aromatic rings. The van der Waals surface area contributed by atoms with Gasteiger partial charge >= 0.3 is 5.97 Å². The molecule has 2 aromatic carbocycles. The summed E-state index contributed by atoms with van der Waals surface area (Å²) < 4.78 is 18.4. The first-order valence-corrected chi connectivity index (χ1v) is 10.9. The second kappa shape index (κ2) is 11.2. The van der Waals surface area contributed by atoms with Gasteiger partial charge in [0.1, 0.15) is 5.82 Å². The molecule has 31 heavy (non-hydrogen) atoms. The normalized spacial score (nSPS) is 12.3. The number of rotatable bonds is 9. The summed E-state index contributed by atoms with van der Waals surface area (Å²) in [6.07, 6.45) is 3.27. The molecule has 0 unspecified atom stereocenters. The van der Waals surface area contributed by atoms with Crippen LogP contribution in [0.5, 0.6) is 0 Å². The fourth-order valence-corrected chi connectivity index (χ4v) is 3.74. The third-order valence-electron chi connectivity index (χ3n) is 4.64. The van der Waals surface area contributed by atoms with E-state index in [0.29, 0.717) is 16.0 Å². The summed E-state index contributed by atoms with van der Waals surface area (Å²) in [6.45, 7) is 1.56. The van der Waals surface area contributed by atoms with Crippen LogP contribution in [0.2, 0.25) is 0 Å². The Morgan fingerprint density at radius 2 is 1.81 bits per heavy atom. The molecule has 0 bridgehead atoms. The molecule has 0 saturated heterocycles. The van der Waals surface area contributed by atoms with Gasteiger partial charge < -0.3 is 10.1 Å². The Balaban J connectivity index is 1.55. The highest BCUT2D eigenvalue weighted by Crippen LogP contribution is 2.24. The Morgan fingerprint density at radius 3 is 2.48 bits per heavy atom. The van der Waals surface area contributed by atoms with Crippen molar-refractivity contribution in [2.45, 2.75) is 25.8 Å². The molecule has 0 saturated carbocycles. The van der Waals surface area contributed by atoms with Crippen molar-refractivity contribution in [2.75, 3.05) is 6.61 Å². The fourth-order valence-electron chi connectivity index (χ4n) is 3.01. The van der Waals surface area contributed by atoms with Crippen molar-refractivity contribution in [3.05, 3.63) is 93.9 Å². The molecular formula is C25H24FNO3S. The summed E-state index contributed by atoms with van der Waals surface area (Å²) in [4.78, 5) is 25.6. The molecule has 0 aliphatic heterocycles. The highest BCUT2D eigenvalue weighted by molar-refractivity contribution is 7.11. The molecule has 160 valence electrons. The number of hydrogen-bond donors (Lipinski definition) is 1. The number of ether oxygens (including phenoxy) is 1. The maximum absolute atomic E-state index is 13.2. The molecule has 0 radical (unpaired) electrons. The summed E-state index contributed by atoms with van der Waals surface area (Å²) in [6, 6.07) is 19.4. The highest BCUT2D eigenvalue weighted by atomic mass is 32.1. The van der Waals surface area contributed by atoms with Crippen LogP contribution in [0, 0.1) is 5.82 Å². The van der Waals surface area contributed by atoms with Crippen LogP contribution in [0.4, 0.5) is 4.39 Å². The van der Waals surface area contributed by atoms with Crippen molar-refractivity contribution in [2.24, 2.45) is 0 Å². The number of thiophene rings is 1. The second-order valence-electron chi connectivity index (χ2n) is 7.16. The van der Waals surface area contributed by atoms with Gasteiger partial charge in [0, 0.05) is 10.9 Å². The minimum Gasteiger partial charge on any atom is -0.452 e. The average Bonchev–Trinajstić information content (AvgIpc) is 3.31. The molecule has 1 heterocycles. The standard InChI is InChI=1S/C25H24FNO3S/c1-18(9-10-19-6-3-2-4-7-19)27-24(28)17-30-25(29)22(23-8-5-15-31-23)16-20-11-13-21(26)14-12-20/h2-8,11-16,18H,9-10,17H2,1H3,(H,27,28)/b22-16+/t18-/m0/s1. The Kier molecular flexibility index (Phi) is 8.12. The van der Waals surface area contributed by atoms with Crippen LogP contribution < -0.4 is 5.32 Å². The van der Waals surface area contributed by atoms with E-state index in [1.165, 1.54) is 29.0 Å². The molecule has 4 nitrogen and oxygen atoms in total. The number of amides is 1. The zero-order valence-corrected chi connectivity index (χ0v) is 18.0. The van der Waals surface area contributed by atoms with E-state index in [4.69, 9.17) is 4.74 Å². The van der Waals surface area contributed by atoms with Gasteiger partial charge in [-0.15, -0.1) is 11.3 Å². The topological polar surface area (TPSA) is 55.4 Å². The van der Waals surface area contributed by atoms with Gasteiger partial charge in [0.25, 0.3) is 5.91 Å². The molecule has 3 rings (SSSR count). The predicted molar refractivity (Wildman–Crippen MR) is 122 cm³/mol. The summed E-state index contributed by atoms with van der Waals surface area (Å²) in [5.41, 5.74) is 2.20. The van der Waals surface area contributed by atoms with Crippen LogP contribution in [0.25, 0.3) is 11.6 Å². The lowest BCUT2D eigenvalue weighted by Crippen LogP contribution is -2.36. The number of aryl methyl sites for hydroxylation is 1. The molecule has 1 N–H and O–H groups in total. The molecule has 0 fully saturated rings. The van der Waals surface area contributed by atoms with E-state index in [1.54, 1.807) is 24.3 Å². The lowest BCUT2D eigenvalue weighted by Gasteiger charge is -2.14. The van der Waals surface area contributed by atoms with Crippen molar-refractivity contribution in [3.8, 4) is 0 Å². The van der Waals surface area contributed by atoms with Crippen LogP contribution in [0.1, 0.15) is 29.3 Å². The first-order chi connectivity index (χ1) is 15.0. The zero-order chi connectivity index (χ0) is 22.1. The second-order valence-corrected chi connectivity index (χ2v) is 8.10. The maximum atomic E-state index is 13.2. The van der Waals surface area contributed by atoms with Gasteiger partial charge in [0.2, 0.25) is 0 Å². The van der Waals surface area contributed by atoms with Gasteiger partial charge in [-0.3, -0.25) is 4.79 Å². The summed E-state index contributed by atoms with van der Waals surface area (Å²) in [7, 11) is 0. The van der Waals surface area contributed by atoms with Crippen LogP contribution in [0.15, 0.2) is 72.1 Å². The van der Waals surface area contributed by atoms with E-state index in [-0.39, 0.29) is 24.4 Å². The monoisotopic (exact) mass is 437 g/mol. The van der Waals surface area contributed by atoms with Crippen LogP contribution in [0.3, 0.4) is 0 Å². The van der Waals surface area contributed by atoms with E-state index in [1.807, 2.05) is 36.6 Å². The van der Waals surface area contributed by atoms with E-state index in [9.17, 15) is 14.0 Å². The van der Waals surface area contributed by atoms with Gasteiger partial charge in [0.15, 0.2) is 6.61 Å². The highest BCUT2D eigenvalue weighted by Gasteiger charge is 2.17. The maximum Gasteiger partial charge on any atom is 0.340 e. The Bertz CT molecular complexity index is 1010. The van der Waals surface area contributed by atoms with Crippen LogP contribution in [-0.2, 0) is 20.7 Å². The summed E-state index contributed by atoms with van der Waals surface area (Å²) >= 11 is 1.39. The van der Waals surface area contributed by atoms with Crippen molar-refractivity contribution < 1.29 is 18.7 Å². The molecule has 1 aromatic heterocycles. The SMILES string of the molecule is C[C@@H](CCc1ccccc1)NC(=O)COC(=O)/C(=C/c1ccc(F)cc1)c1cccs1. The Hall–Kier alpha value is -3.25. The largest absolute Gasteiger partial charge is 0.452 e. The van der Waals surface area contributed by atoms with Crippen molar-refractivity contribution >= 4 is 34.9 Å². The zero-order valence-electron chi connectivity index (χ0n) is 17.2. The third kappa shape index (κ3) is 7.19.